The molecule has 0 unspecified atom stereocenters. The maximum absolute atomic E-state index is 13.3. The Labute approximate surface area is 186 Å². The number of aromatic nitrogens is 2. The highest BCUT2D eigenvalue weighted by Crippen LogP contribution is 2.37. The first-order valence-electron chi connectivity index (χ1n) is 9.92. The molecule has 0 aliphatic carbocycles. The summed E-state index contributed by atoms with van der Waals surface area (Å²) in [5.41, 5.74) is 1.89. The van der Waals surface area contributed by atoms with Crippen molar-refractivity contribution in [2.45, 2.75) is 6.18 Å². The minimum Gasteiger partial charge on any atom is -0.494 e. The zero-order valence-corrected chi connectivity index (χ0v) is 17.3. The number of aliphatic hydroxyl groups is 1. The number of hydrogen-bond donors (Lipinski definition) is 2. The quantitative estimate of drug-likeness (QED) is 0.627. The van der Waals surface area contributed by atoms with Crippen molar-refractivity contribution in [2.75, 3.05) is 17.3 Å². The number of aliphatic hydroxyl groups excluding tert-OH is 1. The zero-order valence-electron chi connectivity index (χ0n) is 17.3. The number of nitrogens with one attached hydrogen (secondary N) is 1. The van der Waals surface area contributed by atoms with E-state index in [0.717, 1.165) is 17.7 Å². The number of benzene rings is 1. The number of fused-ring (bicyclic) bond motifs is 3. The molecule has 4 heterocycles. The normalized spacial score (nSPS) is 14.6. The highest BCUT2D eigenvalue weighted by Gasteiger charge is 2.32. The molecule has 0 spiro atoms. The number of pyridine rings is 2. The predicted octanol–water partition coefficient (Wildman–Crippen LogP) is 4.08. The number of alkyl halides is 3. The Morgan fingerprint density at radius 3 is 2.58 bits per heavy atom. The van der Waals surface area contributed by atoms with Gasteiger partial charge in [-0.15, -0.1) is 0 Å². The molecule has 6 nitrogen and oxygen atoms in total. The Hall–Kier alpha value is -4.27. The molecule has 0 amide bonds. The van der Waals surface area contributed by atoms with Crippen molar-refractivity contribution in [3.05, 3.63) is 88.5 Å². The standard InChI is InChI=1S/C24H17F3N4O2/c1-33-20-9-5-14(12-29-20)18-7-8-19-22(30-18)23-15(13-28-19)6-10-21(32)31(23)17-4-2-3-16(11-17)24(25,26)27/h2-13,30,32H,1H3. The van der Waals surface area contributed by atoms with E-state index in [1.54, 1.807) is 30.6 Å². The van der Waals surface area contributed by atoms with Gasteiger partial charge >= 0.3 is 6.18 Å². The summed E-state index contributed by atoms with van der Waals surface area (Å²) in [5, 5.41) is 15.2. The van der Waals surface area contributed by atoms with Crippen LogP contribution in [0.1, 0.15) is 11.1 Å². The topological polar surface area (TPSA) is 70.5 Å². The first-order chi connectivity index (χ1) is 15.8. The monoisotopic (exact) mass is 450 g/mol. The summed E-state index contributed by atoms with van der Waals surface area (Å²) in [4.78, 5) is 10.0. The Bertz CT molecular complexity index is 1430. The summed E-state index contributed by atoms with van der Waals surface area (Å²) in [6.07, 6.45) is 5.47. The first kappa shape index (κ1) is 20.6. The number of rotatable bonds is 3. The van der Waals surface area contributed by atoms with Gasteiger partial charge in [0.1, 0.15) is 0 Å². The summed E-state index contributed by atoms with van der Waals surface area (Å²) in [5.74, 6) is 0.262. The minimum atomic E-state index is -4.51. The average molecular weight is 450 g/mol. The molecule has 3 aromatic rings. The predicted molar refractivity (Wildman–Crippen MR) is 119 cm³/mol. The summed E-state index contributed by atoms with van der Waals surface area (Å²) in [7, 11) is 1.53. The maximum atomic E-state index is 13.3. The van der Waals surface area contributed by atoms with Crippen LogP contribution in [0.25, 0.3) is 17.8 Å². The largest absolute Gasteiger partial charge is 0.494 e. The van der Waals surface area contributed by atoms with Gasteiger partial charge in [-0.05, 0) is 48.6 Å². The first-order valence-corrected chi connectivity index (χ1v) is 9.92. The molecule has 0 atom stereocenters. The molecule has 0 radical (unpaired) electrons. The third-order valence-corrected chi connectivity index (χ3v) is 5.33. The highest BCUT2D eigenvalue weighted by molar-refractivity contribution is 5.92. The number of halogens is 3. The van der Waals surface area contributed by atoms with Crippen molar-refractivity contribution in [2.24, 2.45) is 0 Å². The summed E-state index contributed by atoms with van der Waals surface area (Å²) < 4.78 is 45.1. The number of allylic oxidation sites excluding steroid dienone is 2. The van der Waals surface area contributed by atoms with Crippen molar-refractivity contribution >= 4 is 34.9 Å². The van der Waals surface area contributed by atoms with Gasteiger partial charge in [0.25, 0.3) is 0 Å². The fourth-order valence-corrected chi connectivity index (χ4v) is 3.75. The second-order valence-corrected chi connectivity index (χ2v) is 7.36. The van der Waals surface area contributed by atoms with E-state index in [9.17, 15) is 18.3 Å². The van der Waals surface area contributed by atoms with Crippen molar-refractivity contribution in [1.29, 1.82) is 0 Å². The molecule has 0 saturated heterocycles. The fourth-order valence-electron chi connectivity index (χ4n) is 3.75. The van der Waals surface area contributed by atoms with Crippen LogP contribution >= 0.6 is 0 Å². The van der Waals surface area contributed by atoms with Crippen LogP contribution in [0, 0.1) is 0 Å². The molecule has 33 heavy (non-hydrogen) atoms. The zero-order chi connectivity index (χ0) is 23.2. The van der Waals surface area contributed by atoms with Gasteiger partial charge in [-0.25, -0.2) is 4.98 Å². The number of methoxy groups -OCH3 is 1. The molecular weight excluding hydrogens is 433 g/mol. The van der Waals surface area contributed by atoms with E-state index in [1.807, 2.05) is 12.1 Å². The lowest BCUT2D eigenvalue weighted by Crippen LogP contribution is -2.32. The third-order valence-electron chi connectivity index (χ3n) is 5.33. The van der Waals surface area contributed by atoms with E-state index >= 15 is 0 Å². The molecular formula is C24H17F3N4O2. The second-order valence-electron chi connectivity index (χ2n) is 7.36. The van der Waals surface area contributed by atoms with Crippen LogP contribution in [0.2, 0.25) is 0 Å². The van der Waals surface area contributed by atoms with Gasteiger partial charge in [-0.1, -0.05) is 6.07 Å². The third kappa shape index (κ3) is 3.67. The molecule has 0 bridgehead atoms. The lowest BCUT2D eigenvalue weighted by molar-refractivity contribution is -0.137. The maximum Gasteiger partial charge on any atom is 0.416 e. The molecule has 2 aromatic heterocycles. The number of anilines is 3. The van der Waals surface area contributed by atoms with Crippen LogP contribution in [-0.4, -0.2) is 22.2 Å². The smallest absolute Gasteiger partial charge is 0.416 e. The van der Waals surface area contributed by atoms with E-state index in [-0.39, 0.29) is 11.6 Å². The summed E-state index contributed by atoms with van der Waals surface area (Å²) >= 11 is 0. The van der Waals surface area contributed by atoms with Crippen LogP contribution in [-0.2, 0) is 6.18 Å². The SMILES string of the molecule is COc1ccc(C2=CC=c3ncc4c(c3N2)N(c2cccc(C(F)(F)F)c2)C(O)=CC=4)cn1. The van der Waals surface area contributed by atoms with Crippen molar-refractivity contribution < 1.29 is 23.0 Å². The number of hydrogen-bond acceptors (Lipinski definition) is 6. The van der Waals surface area contributed by atoms with E-state index in [2.05, 4.69) is 15.3 Å². The fraction of sp³-hybridized carbons (Fsp3) is 0.0833. The van der Waals surface area contributed by atoms with Gasteiger partial charge < -0.3 is 15.2 Å². The van der Waals surface area contributed by atoms with E-state index in [0.29, 0.717) is 33.5 Å². The van der Waals surface area contributed by atoms with Crippen LogP contribution in [0.15, 0.2) is 66.8 Å². The van der Waals surface area contributed by atoms with Gasteiger partial charge in [-0.2, -0.15) is 13.2 Å². The molecule has 5 rings (SSSR count). The minimum absolute atomic E-state index is 0.172. The van der Waals surface area contributed by atoms with Gasteiger partial charge in [0.15, 0.2) is 5.88 Å². The van der Waals surface area contributed by atoms with Gasteiger partial charge in [0.2, 0.25) is 5.88 Å². The molecule has 0 fully saturated rings. The Balaban J connectivity index is 1.63. The summed E-state index contributed by atoms with van der Waals surface area (Å²) in [6, 6.07) is 8.38. The van der Waals surface area contributed by atoms with Crippen molar-refractivity contribution in [1.82, 2.24) is 9.97 Å². The molecule has 1 aromatic carbocycles. The summed E-state index contributed by atoms with van der Waals surface area (Å²) in [6.45, 7) is 0. The lowest BCUT2D eigenvalue weighted by Gasteiger charge is -2.30. The Morgan fingerprint density at radius 1 is 1.00 bits per heavy atom. The van der Waals surface area contributed by atoms with Gasteiger partial charge in [0, 0.05) is 40.6 Å². The number of ether oxygens (including phenoxy) is 1. The molecule has 2 aliphatic rings. The number of nitrogens with zero attached hydrogens (tertiary/aromatic N) is 3. The molecule has 9 heteroatoms. The van der Waals surface area contributed by atoms with Crippen LogP contribution in [0.5, 0.6) is 5.88 Å². The van der Waals surface area contributed by atoms with Gasteiger partial charge in [-0.3, -0.25) is 9.88 Å². The second kappa shape index (κ2) is 7.70. The molecule has 166 valence electrons. The Morgan fingerprint density at radius 2 is 1.85 bits per heavy atom. The van der Waals surface area contributed by atoms with Crippen molar-refractivity contribution in [3.8, 4) is 5.88 Å². The van der Waals surface area contributed by atoms with Crippen molar-refractivity contribution in [3.63, 3.8) is 0 Å². The van der Waals surface area contributed by atoms with Crippen LogP contribution in [0.3, 0.4) is 0 Å². The van der Waals surface area contributed by atoms with Crippen LogP contribution < -0.4 is 25.5 Å². The molecule has 2 N–H and O–H groups in total. The van der Waals surface area contributed by atoms with E-state index in [1.165, 1.54) is 30.2 Å². The van der Waals surface area contributed by atoms with E-state index in [4.69, 9.17) is 4.74 Å². The average Bonchev–Trinajstić information content (AvgIpc) is 2.83. The lowest BCUT2D eigenvalue weighted by atomic mass is 10.1. The van der Waals surface area contributed by atoms with Gasteiger partial charge in [0.05, 0.1) is 29.4 Å². The molecule has 2 aliphatic heterocycles. The van der Waals surface area contributed by atoms with Crippen LogP contribution in [0.4, 0.5) is 30.2 Å². The Kier molecular flexibility index (Phi) is 4.81. The molecule has 0 saturated carbocycles. The van der Waals surface area contributed by atoms with E-state index < -0.39 is 11.7 Å². The highest BCUT2D eigenvalue weighted by atomic mass is 19.4.